The molecular formula is C22H24N4O3S2. The van der Waals surface area contributed by atoms with Crippen LogP contribution < -0.4 is 10.0 Å². The zero-order valence-electron chi connectivity index (χ0n) is 17.1. The van der Waals surface area contributed by atoms with Crippen LogP contribution in [0, 0.1) is 6.92 Å². The van der Waals surface area contributed by atoms with Gasteiger partial charge in [-0.1, -0.05) is 42.1 Å². The molecule has 4 rings (SSSR count). The van der Waals surface area contributed by atoms with Crippen molar-refractivity contribution < 1.29 is 13.2 Å². The van der Waals surface area contributed by atoms with Crippen molar-refractivity contribution in [2.75, 3.05) is 5.75 Å². The van der Waals surface area contributed by atoms with Crippen molar-refractivity contribution in [2.24, 2.45) is 0 Å². The Kier molecular flexibility index (Phi) is 6.45. The maximum Gasteiger partial charge on any atom is 0.240 e. The van der Waals surface area contributed by atoms with Gasteiger partial charge in [0.15, 0.2) is 5.16 Å². The summed E-state index contributed by atoms with van der Waals surface area (Å²) in [6, 6.07) is 14.7. The second-order valence-electron chi connectivity index (χ2n) is 7.47. The fourth-order valence-electron chi connectivity index (χ4n) is 3.07. The Balaban J connectivity index is 1.29. The minimum atomic E-state index is -3.46. The number of sulfonamides is 1. The van der Waals surface area contributed by atoms with E-state index in [1.54, 1.807) is 30.5 Å². The van der Waals surface area contributed by atoms with Crippen LogP contribution in [0.15, 0.2) is 71.0 Å². The quantitative estimate of drug-likeness (QED) is 0.483. The molecule has 1 aliphatic rings. The third kappa shape index (κ3) is 5.55. The molecule has 1 heterocycles. The summed E-state index contributed by atoms with van der Waals surface area (Å²) in [5.74, 6) is 0.122. The first-order chi connectivity index (χ1) is 14.9. The van der Waals surface area contributed by atoms with Crippen LogP contribution >= 0.6 is 11.8 Å². The molecule has 2 N–H and O–H groups in total. The highest BCUT2D eigenvalue weighted by molar-refractivity contribution is 7.99. The molecule has 0 aliphatic heterocycles. The van der Waals surface area contributed by atoms with Gasteiger partial charge in [0.2, 0.25) is 15.9 Å². The molecule has 0 saturated heterocycles. The Morgan fingerprint density at radius 3 is 2.61 bits per heavy atom. The van der Waals surface area contributed by atoms with Gasteiger partial charge >= 0.3 is 0 Å². The summed E-state index contributed by atoms with van der Waals surface area (Å²) in [6.45, 7) is 2.37. The third-order valence-electron chi connectivity index (χ3n) is 4.94. The maximum atomic E-state index is 12.3. The molecule has 162 valence electrons. The summed E-state index contributed by atoms with van der Waals surface area (Å²) in [6.07, 6.45) is 5.40. The number of aryl methyl sites for hydroxylation is 1. The average Bonchev–Trinajstić information content (AvgIpc) is 3.44. The van der Waals surface area contributed by atoms with Gasteiger partial charge in [0.1, 0.15) is 0 Å². The molecule has 9 heteroatoms. The van der Waals surface area contributed by atoms with E-state index < -0.39 is 10.0 Å². The van der Waals surface area contributed by atoms with Gasteiger partial charge in [-0.3, -0.25) is 9.36 Å². The van der Waals surface area contributed by atoms with Crippen LogP contribution in [0.3, 0.4) is 0 Å². The van der Waals surface area contributed by atoms with Gasteiger partial charge in [-0.25, -0.2) is 18.1 Å². The maximum absolute atomic E-state index is 12.3. The van der Waals surface area contributed by atoms with Crippen LogP contribution in [-0.4, -0.2) is 35.7 Å². The first-order valence-electron chi connectivity index (χ1n) is 10.0. The largest absolute Gasteiger partial charge is 0.351 e. The second kappa shape index (κ2) is 9.25. The van der Waals surface area contributed by atoms with Gasteiger partial charge in [-0.2, -0.15) is 0 Å². The number of hydrogen-bond donors (Lipinski definition) is 2. The van der Waals surface area contributed by atoms with Crippen LogP contribution in [0.4, 0.5) is 0 Å². The standard InChI is InChI=1S/C22H24N4O3S2/c1-16-4-2-3-5-20(16)26-13-12-23-22(26)30-15-21(27)24-14-17-6-10-19(11-7-17)31(28,29)25-18-8-9-18/h2-7,10-13,18,25H,8-9,14-15H2,1H3,(H,24,27). The number of rotatable bonds is 9. The molecule has 0 bridgehead atoms. The van der Waals surface area contributed by atoms with Gasteiger partial charge in [0.05, 0.1) is 16.3 Å². The smallest absolute Gasteiger partial charge is 0.240 e. The molecule has 31 heavy (non-hydrogen) atoms. The topological polar surface area (TPSA) is 93.1 Å². The molecule has 7 nitrogen and oxygen atoms in total. The number of amides is 1. The summed E-state index contributed by atoms with van der Waals surface area (Å²) in [7, 11) is -3.46. The van der Waals surface area contributed by atoms with Crippen molar-refractivity contribution >= 4 is 27.7 Å². The lowest BCUT2D eigenvalue weighted by atomic mass is 10.2. The molecule has 1 aliphatic carbocycles. The molecule has 1 amide bonds. The Hall–Kier alpha value is -2.62. The number of hydrogen-bond acceptors (Lipinski definition) is 5. The Morgan fingerprint density at radius 2 is 1.90 bits per heavy atom. The number of thioether (sulfide) groups is 1. The Morgan fingerprint density at radius 1 is 1.16 bits per heavy atom. The van der Waals surface area contributed by atoms with Crippen LogP contribution in [0.1, 0.15) is 24.0 Å². The number of para-hydroxylation sites is 1. The normalized spacial score (nSPS) is 13.8. The van der Waals surface area contributed by atoms with Crippen LogP contribution in [0.5, 0.6) is 0 Å². The zero-order valence-corrected chi connectivity index (χ0v) is 18.7. The molecule has 2 aromatic carbocycles. The molecule has 1 fully saturated rings. The molecule has 0 spiro atoms. The van der Waals surface area contributed by atoms with Gasteiger partial charge in [-0.05, 0) is 49.1 Å². The van der Waals surface area contributed by atoms with Crippen molar-refractivity contribution in [1.82, 2.24) is 19.6 Å². The molecule has 1 saturated carbocycles. The minimum Gasteiger partial charge on any atom is -0.351 e. The van der Waals surface area contributed by atoms with Crippen molar-refractivity contribution in [3.63, 3.8) is 0 Å². The lowest BCUT2D eigenvalue weighted by Gasteiger charge is -2.10. The number of nitrogens with one attached hydrogen (secondary N) is 2. The highest BCUT2D eigenvalue weighted by Gasteiger charge is 2.27. The summed E-state index contributed by atoms with van der Waals surface area (Å²) in [5.41, 5.74) is 3.00. The van der Waals surface area contributed by atoms with Gasteiger partial charge in [0, 0.05) is 25.0 Å². The van der Waals surface area contributed by atoms with E-state index in [0.29, 0.717) is 6.54 Å². The zero-order chi connectivity index (χ0) is 21.8. The number of carbonyl (C=O) groups is 1. The summed E-state index contributed by atoms with van der Waals surface area (Å²) in [5, 5.41) is 3.62. The molecule has 0 unspecified atom stereocenters. The molecule has 0 radical (unpaired) electrons. The van der Waals surface area contributed by atoms with E-state index in [2.05, 4.69) is 15.0 Å². The lowest BCUT2D eigenvalue weighted by Crippen LogP contribution is -2.26. The Bertz CT molecular complexity index is 1170. The lowest BCUT2D eigenvalue weighted by molar-refractivity contribution is -0.118. The summed E-state index contributed by atoms with van der Waals surface area (Å²) >= 11 is 1.37. The van der Waals surface area contributed by atoms with Gasteiger partial charge in [0.25, 0.3) is 0 Å². The van der Waals surface area contributed by atoms with Crippen molar-refractivity contribution in [1.29, 1.82) is 0 Å². The van der Waals surface area contributed by atoms with Crippen molar-refractivity contribution in [2.45, 2.75) is 42.4 Å². The monoisotopic (exact) mass is 456 g/mol. The number of nitrogens with zero attached hydrogens (tertiary/aromatic N) is 2. The van der Waals surface area contributed by atoms with E-state index in [-0.39, 0.29) is 22.6 Å². The number of imidazole rings is 1. The minimum absolute atomic E-state index is 0.0721. The van der Waals surface area contributed by atoms with E-state index in [1.807, 2.05) is 42.0 Å². The second-order valence-corrected chi connectivity index (χ2v) is 10.1. The van der Waals surface area contributed by atoms with Gasteiger partial charge in [-0.15, -0.1) is 0 Å². The first-order valence-corrected chi connectivity index (χ1v) is 12.5. The SMILES string of the molecule is Cc1ccccc1-n1ccnc1SCC(=O)NCc1ccc(S(=O)(=O)NC2CC2)cc1. The van der Waals surface area contributed by atoms with Crippen molar-refractivity contribution in [3.05, 3.63) is 72.1 Å². The van der Waals surface area contributed by atoms with E-state index in [1.165, 1.54) is 11.8 Å². The molecule has 1 aromatic heterocycles. The molecular weight excluding hydrogens is 432 g/mol. The predicted molar refractivity (Wildman–Crippen MR) is 121 cm³/mol. The average molecular weight is 457 g/mol. The Labute approximate surface area is 186 Å². The fraction of sp³-hybridized carbons (Fsp3) is 0.273. The summed E-state index contributed by atoms with van der Waals surface area (Å²) in [4.78, 5) is 16.9. The summed E-state index contributed by atoms with van der Waals surface area (Å²) < 4.78 is 29.1. The highest BCUT2D eigenvalue weighted by Crippen LogP contribution is 2.23. The number of benzene rings is 2. The highest BCUT2D eigenvalue weighted by atomic mass is 32.2. The van der Waals surface area contributed by atoms with E-state index in [9.17, 15) is 13.2 Å². The van der Waals surface area contributed by atoms with Gasteiger partial charge < -0.3 is 5.32 Å². The number of aromatic nitrogens is 2. The first kappa shape index (κ1) is 21.6. The molecule has 0 atom stereocenters. The van der Waals surface area contributed by atoms with Crippen LogP contribution in [0.2, 0.25) is 0 Å². The van der Waals surface area contributed by atoms with E-state index in [0.717, 1.165) is 34.8 Å². The van der Waals surface area contributed by atoms with E-state index >= 15 is 0 Å². The third-order valence-corrected chi connectivity index (χ3v) is 7.44. The van der Waals surface area contributed by atoms with Crippen molar-refractivity contribution in [3.8, 4) is 5.69 Å². The van der Waals surface area contributed by atoms with Crippen LogP contribution in [-0.2, 0) is 21.4 Å². The number of carbonyl (C=O) groups excluding carboxylic acids is 1. The predicted octanol–water partition coefficient (Wildman–Crippen LogP) is 3.03. The molecule has 3 aromatic rings. The van der Waals surface area contributed by atoms with E-state index in [4.69, 9.17) is 0 Å². The fourth-order valence-corrected chi connectivity index (χ4v) is 5.17. The van der Waals surface area contributed by atoms with Crippen LogP contribution in [0.25, 0.3) is 5.69 Å².